The first kappa shape index (κ1) is 17.8. The van der Waals surface area contributed by atoms with Crippen molar-refractivity contribution in [2.24, 2.45) is 5.73 Å². The van der Waals surface area contributed by atoms with Crippen LogP contribution in [0.3, 0.4) is 0 Å². The largest absolute Gasteiger partial charge is 0.386 e. The lowest BCUT2D eigenvalue weighted by atomic mass is 9.92. The number of aliphatic hydroxyl groups is 1. The second-order valence-corrected chi connectivity index (χ2v) is 7.36. The minimum absolute atomic E-state index is 0.0854. The molecule has 27 heavy (non-hydrogen) atoms. The van der Waals surface area contributed by atoms with Gasteiger partial charge in [0.25, 0.3) is 11.8 Å². The number of amides is 4. The third-order valence-electron chi connectivity index (χ3n) is 5.36. The summed E-state index contributed by atoms with van der Waals surface area (Å²) in [6.45, 7) is 1.35. The van der Waals surface area contributed by atoms with Crippen molar-refractivity contribution in [3.63, 3.8) is 0 Å². The predicted octanol–water partition coefficient (Wildman–Crippen LogP) is -1.41. The van der Waals surface area contributed by atoms with Crippen LogP contribution in [0.1, 0.15) is 39.1 Å². The van der Waals surface area contributed by atoms with Crippen LogP contribution in [-0.2, 0) is 16.1 Å². The minimum Gasteiger partial charge on any atom is -0.386 e. The molecule has 4 amide bonds. The molecule has 2 fully saturated rings. The van der Waals surface area contributed by atoms with Crippen LogP contribution in [0.2, 0.25) is 0 Å². The van der Waals surface area contributed by atoms with Crippen LogP contribution in [0, 0.1) is 0 Å². The Balaban J connectivity index is 1.58. The van der Waals surface area contributed by atoms with Crippen LogP contribution in [0.4, 0.5) is 0 Å². The number of β-amino-alcohol motifs (C(OH)–C–C–N with tert-alkyl or cyclic N) is 1. The van der Waals surface area contributed by atoms with Gasteiger partial charge < -0.3 is 10.8 Å². The third kappa shape index (κ3) is 2.84. The minimum atomic E-state index is -0.978. The molecule has 0 spiro atoms. The van der Waals surface area contributed by atoms with E-state index < -0.39 is 35.3 Å². The summed E-state index contributed by atoms with van der Waals surface area (Å²) in [6, 6.07) is 4.05. The highest BCUT2D eigenvalue weighted by Gasteiger charge is 2.46. The van der Waals surface area contributed by atoms with Gasteiger partial charge in [-0.05, 0) is 18.1 Å². The van der Waals surface area contributed by atoms with Gasteiger partial charge in [-0.2, -0.15) is 0 Å². The lowest BCUT2D eigenvalue weighted by molar-refractivity contribution is -0.136. The third-order valence-corrected chi connectivity index (χ3v) is 5.36. The molecule has 1 aromatic rings. The molecule has 1 aromatic carbocycles. The van der Waals surface area contributed by atoms with E-state index in [4.69, 9.17) is 5.73 Å². The van der Waals surface area contributed by atoms with Gasteiger partial charge in [-0.1, -0.05) is 12.1 Å². The van der Waals surface area contributed by atoms with Crippen LogP contribution in [0.15, 0.2) is 18.2 Å². The fourth-order valence-corrected chi connectivity index (χ4v) is 3.98. The molecule has 0 saturated carbocycles. The Morgan fingerprint density at radius 3 is 2.59 bits per heavy atom. The van der Waals surface area contributed by atoms with Crippen LogP contribution in [-0.4, -0.2) is 69.8 Å². The number of nitrogens with two attached hydrogens (primary N) is 1. The van der Waals surface area contributed by atoms with Gasteiger partial charge in [-0.3, -0.25) is 34.3 Å². The van der Waals surface area contributed by atoms with E-state index in [1.54, 1.807) is 18.2 Å². The van der Waals surface area contributed by atoms with Crippen LogP contribution in [0.5, 0.6) is 0 Å². The lowest BCUT2D eigenvalue weighted by Crippen LogP contribution is -2.64. The van der Waals surface area contributed by atoms with Crippen molar-refractivity contribution >= 4 is 23.6 Å². The number of nitrogens with zero attached hydrogens (tertiary/aromatic N) is 2. The summed E-state index contributed by atoms with van der Waals surface area (Å²) in [5.41, 5.74) is 5.84. The summed E-state index contributed by atoms with van der Waals surface area (Å²) >= 11 is 0. The molecule has 1 atom stereocenters. The lowest BCUT2D eigenvalue weighted by Gasteiger charge is -2.46. The number of likely N-dealkylation sites (tertiary alicyclic amines) is 1. The highest BCUT2D eigenvalue weighted by Crippen LogP contribution is 2.32. The molecule has 3 aliphatic heterocycles. The number of piperidine rings is 1. The topological polar surface area (TPSA) is 133 Å². The van der Waals surface area contributed by atoms with Crippen molar-refractivity contribution in [1.29, 1.82) is 0 Å². The van der Waals surface area contributed by atoms with Gasteiger partial charge in [0.1, 0.15) is 11.6 Å². The Labute approximate surface area is 155 Å². The van der Waals surface area contributed by atoms with E-state index in [-0.39, 0.29) is 30.5 Å². The first-order valence-corrected chi connectivity index (χ1v) is 8.81. The molecule has 3 heterocycles. The molecule has 4 rings (SSSR count). The van der Waals surface area contributed by atoms with Crippen LogP contribution < -0.4 is 11.1 Å². The van der Waals surface area contributed by atoms with Crippen molar-refractivity contribution < 1.29 is 24.3 Å². The van der Waals surface area contributed by atoms with Gasteiger partial charge in [-0.15, -0.1) is 0 Å². The Kier molecular flexibility index (Phi) is 4.10. The summed E-state index contributed by atoms with van der Waals surface area (Å²) in [5.74, 6) is -2.07. The molecular weight excluding hydrogens is 352 g/mol. The molecule has 4 N–H and O–H groups in total. The summed E-state index contributed by atoms with van der Waals surface area (Å²) < 4.78 is 0. The SMILES string of the molecule is NCC1(O)CN(Cc2cccc3c2C(=O)N(C2CCC(=O)NC2=O)C3=O)C1. The summed E-state index contributed by atoms with van der Waals surface area (Å²) in [6.07, 6.45) is 0.212. The van der Waals surface area contributed by atoms with Crippen molar-refractivity contribution in [2.45, 2.75) is 31.0 Å². The van der Waals surface area contributed by atoms with Crippen LogP contribution >= 0.6 is 0 Å². The normalized spacial score (nSPS) is 24.7. The quantitative estimate of drug-likeness (QED) is 0.553. The Morgan fingerprint density at radius 2 is 1.93 bits per heavy atom. The zero-order chi connectivity index (χ0) is 19.3. The van der Waals surface area contributed by atoms with E-state index in [0.717, 1.165) is 4.90 Å². The molecule has 3 aliphatic rings. The fourth-order valence-electron chi connectivity index (χ4n) is 3.98. The van der Waals surface area contributed by atoms with Crippen molar-refractivity contribution in [2.75, 3.05) is 19.6 Å². The van der Waals surface area contributed by atoms with Gasteiger partial charge in [0.15, 0.2) is 0 Å². The molecule has 9 nitrogen and oxygen atoms in total. The summed E-state index contributed by atoms with van der Waals surface area (Å²) in [7, 11) is 0. The zero-order valence-electron chi connectivity index (χ0n) is 14.6. The molecule has 2 saturated heterocycles. The van der Waals surface area contributed by atoms with E-state index >= 15 is 0 Å². The van der Waals surface area contributed by atoms with E-state index in [1.807, 2.05) is 4.90 Å². The van der Waals surface area contributed by atoms with Crippen molar-refractivity contribution in [1.82, 2.24) is 15.1 Å². The summed E-state index contributed by atoms with van der Waals surface area (Å²) in [5, 5.41) is 12.2. The van der Waals surface area contributed by atoms with E-state index in [9.17, 15) is 24.3 Å². The van der Waals surface area contributed by atoms with Crippen molar-refractivity contribution in [3.8, 4) is 0 Å². The Bertz CT molecular complexity index is 861. The molecule has 0 aromatic heterocycles. The highest BCUT2D eigenvalue weighted by molar-refractivity contribution is 6.24. The molecule has 9 heteroatoms. The number of hydrogen-bond acceptors (Lipinski definition) is 7. The molecule has 0 bridgehead atoms. The number of carbonyl (C=O) groups excluding carboxylic acids is 4. The maximum absolute atomic E-state index is 13.0. The number of imide groups is 2. The highest BCUT2D eigenvalue weighted by atomic mass is 16.3. The fraction of sp³-hybridized carbons (Fsp3) is 0.444. The van der Waals surface area contributed by atoms with Gasteiger partial charge >= 0.3 is 0 Å². The molecule has 0 radical (unpaired) electrons. The molecule has 0 aliphatic carbocycles. The maximum Gasteiger partial charge on any atom is 0.262 e. The second kappa shape index (κ2) is 6.22. The summed E-state index contributed by atoms with van der Waals surface area (Å²) in [4.78, 5) is 52.1. The standard InChI is InChI=1S/C18H20N4O5/c19-7-18(27)8-21(9-18)6-10-2-1-3-11-14(10)17(26)22(16(11)25)12-4-5-13(23)20-15(12)24/h1-3,12,27H,4-9,19H2,(H,20,23,24). The first-order chi connectivity index (χ1) is 12.8. The van der Waals surface area contributed by atoms with E-state index in [2.05, 4.69) is 5.32 Å². The number of rotatable bonds is 4. The van der Waals surface area contributed by atoms with E-state index in [1.165, 1.54) is 0 Å². The smallest absolute Gasteiger partial charge is 0.262 e. The van der Waals surface area contributed by atoms with Gasteiger partial charge in [0.2, 0.25) is 11.8 Å². The van der Waals surface area contributed by atoms with Crippen LogP contribution in [0.25, 0.3) is 0 Å². The van der Waals surface area contributed by atoms with Gasteiger partial charge in [-0.25, -0.2) is 0 Å². The second-order valence-electron chi connectivity index (χ2n) is 7.36. The first-order valence-electron chi connectivity index (χ1n) is 8.81. The van der Waals surface area contributed by atoms with Crippen molar-refractivity contribution in [3.05, 3.63) is 34.9 Å². The van der Waals surface area contributed by atoms with Gasteiger partial charge in [0, 0.05) is 32.6 Å². The predicted molar refractivity (Wildman–Crippen MR) is 92.4 cm³/mol. The number of fused-ring (bicyclic) bond motifs is 1. The van der Waals surface area contributed by atoms with E-state index in [0.29, 0.717) is 25.2 Å². The molecular formula is C18H20N4O5. The Hall–Kier alpha value is -2.62. The zero-order valence-corrected chi connectivity index (χ0v) is 14.6. The average molecular weight is 372 g/mol. The number of hydrogen-bond donors (Lipinski definition) is 3. The molecule has 1 unspecified atom stereocenters. The maximum atomic E-state index is 13.0. The monoisotopic (exact) mass is 372 g/mol. The molecule has 142 valence electrons. The van der Waals surface area contributed by atoms with Gasteiger partial charge in [0.05, 0.1) is 11.1 Å². The number of carbonyl (C=O) groups is 4. The average Bonchev–Trinajstić information content (AvgIpc) is 2.86. The Morgan fingerprint density at radius 1 is 1.19 bits per heavy atom. The number of benzene rings is 1. The number of nitrogens with one attached hydrogen (secondary N) is 1.